The van der Waals surface area contributed by atoms with Crippen LogP contribution in [0.5, 0.6) is 0 Å². The topological polar surface area (TPSA) is 57.8 Å². The number of H-pyrrole nitrogens is 1. The van der Waals surface area contributed by atoms with Crippen LogP contribution in [0.2, 0.25) is 0 Å². The molecule has 1 aliphatic rings. The Labute approximate surface area is 137 Å². The largest absolute Gasteiger partial charge is 0.356 e. The Balaban J connectivity index is 1.66. The summed E-state index contributed by atoms with van der Waals surface area (Å²) >= 11 is 0. The van der Waals surface area contributed by atoms with Crippen LogP contribution in [-0.4, -0.2) is 22.4 Å². The number of rotatable bonds is 7. The lowest BCUT2D eigenvalue weighted by atomic mass is 9.91. The SMILES string of the molecule is CC(C)C1(CNC(=O)C[C@@H](c2ccccc2)c2ncc[nH]2)CC1. The normalized spacial score (nSPS) is 17.0. The minimum atomic E-state index is -0.0274. The summed E-state index contributed by atoms with van der Waals surface area (Å²) < 4.78 is 0. The fourth-order valence-corrected chi connectivity index (χ4v) is 3.18. The third-order valence-electron chi connectivity index (χ3n) is 5.20. The van der Waals surface area contributed by atoms with Crippen molar-refractivity contribution in [1.29, 1.82) is 0 Å². The molecule has 1 atom stereocenters. The van der Waals surface area contributed by atoms with Crippen LogP contribution >= 0.6 is 0 Å². The zero-order valence-electron chi connectivity index (χ0n) is 13.9. The molecular weight excluding hydrogens is 286 g/mol. The molecule has 0 unspecified atom stereocenters. The molecule has 2 N–H and O–H groups in total. The van der Waals surface area contributed by atoms with Crippen molar-refractivity contribution in [3.05, 3.63) is 54.1 Å². The maximum Gasteiger partial charge on any atom is 0.221 e. The molecule has 0 aliphatic heterocycles. The number of nitrogens with zero attached hydrogens (tertiary/aromatic N) is 1. The van der Waals surface area contributed by atoms with Gasteiger partial charge >= 0.3 is 0 Å². The lowest BCUT2D eigenvalue weighted by Gasteiger charge is -2.21. The minimum Gasteiger partial charge on any atom is -0.356 e. The maximum atomic E-state index is 12.5. The van der Waals surface area contributed by atoms with E-state index in [1.54, 1.807) is 12.4 Å². The van der Waals surface area contributed by atoms with Crippen molar-refractivity contribution in [2.24, 2.45) is 11.3 Å². The predicted octanol–water partition coefficient (Wildman–Crippen LogP) is 3.48. The van der Waals surface area contributed by atoms with E-state index in [0.29, 0.717) is 17.8 Å². The Morgan fingerprint density at radius 2 is 2.04 bits per heavy atom. The van der Waals surface area contributed by atoms with Gasteiger partial charge in [0.05, 0.1) is 5.92 Å². The van der Waals surface area contributed by atoms with Crippen molar-refractivity contribution in [3.8, 4) is 0 Å². The molecule has 0 bridgehead atoms. The Morgan fingerprint density at radius 1 is 1.30 bits per heavy atom. The first kappa shape index (κ1) is 15.8. The molecule has 0 saturated heterocycles. The van der Waals surface area contributed by atoms with Crippen molar-refractivity contribution in [1.82, 2.24) is 15.3 Å². The van der Waals surface area contributed by atoms with Crippen LogP contribution in [0.15, 0.2) is 42.7 Å². The summed E-state index contributed by atoms with van der Waals surface area (Å²) in [6, 6.07) is 10.1. The molecule has 1 heterocycles. The average Bonchev–Trinajstić information content (AvgIpc) is 3.17. The van der Waals surface area contributed by atoms with E-state index in [2.05, 4.69) is 41.3 Å². The second kappa shape index (κ2) is 6.57. The Kier molecular flexibility index (Phi) is 4.51. The first-order valence-corrected chi connectivity index (χ1v) is 8.42. The highest BCUT2D eigenvalue weighted by atomic mass is 16.1. The number of hydrogen-bond acceptors (Lipinski definition) is 2. The quantitative estimate of drug-likeness (QED) is 0.822. The molecule has 1 saturated carbocycles. The van der Waals surface area contributed by atoms with E-state index in [1.807, 2.05) is 18.2 Å². The number of carbonyl (C=O) groups is 1. The van der Waals surface area contributed by atoms with Crippen molar-refractivity contribution in [2.45, 2.75) is 39.0 Å². The number of benzene rings is 1. The van der Waals surface area contributed by atoms with Gasteiger partial charge in [0.15, 0.2) is 0 Å². The predicted molar refractivity (Wildman–Crippen MR) is 91.0 cm³/mol. The highest BCUT2D eigenvalue weighted by Gasteiger charge is 2.45. The summed E-state index contributed by atoms with van der Waals surface area (Å²) in [6.45, 7) is 5.28. The molecule has 4 heteroatoms. The van der Waals surface area contributed by atoms with Gasteiger partial charge in [0, 0.05) is 25.4 Å². The van der Waals surface area contributed by atoms with Gasteiger partial charge in [0.25, 0.3) is 0 Å². The number of aromatic amines is 1. The van der Waals surface area contributed by atoms with Crippen LogP contribution in [-0.2, 0) is 4.79 Å². The molecule has 3 rings (SSSR count). The van der Waals surface area contributed by atoms with E-state index in [9.17, 15) is 4.79 Å². The number of hydrogen-bond donors (Lipinski definition) is 2. The molecule has 0 radical (unpaired) electrons. The summed E-state index contributed by atoms with van der Waals surface area (Å²) in [7, 11) is 0. The van der Waals surface area contributed by atoms with Crippen molar-refractivity contribution >= 4 is 5.91 Å². The molecule has 122 valence electrons. The van der Waals surface area contributed by atoms with Crippen LogP contribution in [0.1, 0.15) is 50.4 Å². The number of aromatic nitrogens is 2. The fourth-order valence-electron chi connectivity index (χ4n) is 3.18. The monoisotopic (exact) mass is 311 g/mol. The number of nitrogens with one attached hydrogen (secondary N) is 2. The maximum absolute atomic E-state index is 12.5. The first-order chi connectivity index (χ1) is 11.1. The van der Waals surface area contributed by atoms with E-state index in [0.717, 1.165) is 17.9 Å². The van der Waals surface area contributed by atoms with Crippen LogP contribution in [0, 0.1) is 11.3 Å². The van der Waals surface area contributed by atoms with Gasteiger partial charge in [-0.1, -0.05) is 44.2 Å². The van der Waals surface area contributed by atoms with Crippen molar-refractivity contribution in [2.75, 3.05) is 6.54 Å². The summed E-state index contributed by atoms with van der Waals surface area (Å²) in [6.07, 6.45) is 6.42. The second-order valence-corrected chi connectivity index (χ2v) is 6.94. The molecule has 0 spiro atoms. The van der Waals surface area contributed by atoms with E-state index in [1.165, 1.54) is 12.8 Å². The Morgan fingerprint density at radius 3 is 2.61 bits per heavy atom. The zero-order valence-corrected chi connectivity index (χ0v) is 13.9. The van der Waals surface area contributed by atoms with Gasteiger partial charge in [-0.2, -0.15) is 0 Å². The summed E-state index contributed by atoms with van der Waals surface area (Å²) in [5.41, 5.74) is 1.45. The van der Waals surface area contributed by atoms with Gasteiger partial charge in [-0.05, 0) is 29.7 Å². The van der Waals surface area contributed by atoms with Crippen LogP contribution in [0.3, 0.4) is 0 Å². The zero-order chi connectivity index (χ0) is 16.3. The number of amides is 1. The standard InChI is InChI=1S/C19H25N3O/c1-14(2)19(8-9-19)13-22-17(23)12-16(18-20-10-11-21-18)15-6-4-3-5-7-15/h3-7,10-11,14,16H,8-9,12-13H2,1-2H3,(H,20,21)(H,22,23)/t16-/m0/s1. The van der Waals surface area contributed by atoms with Gasteiger partial charge in [0.2, 0.25) is 5.91 Å². The highest BCUT2D eigenvalue weighted by Crippen LogP contribution is 2.51. The molecule has 1 aromatic carbocycles. The second-order valence-electron chi connectivity index (χ2n) is 6.94. The van der Waals surface area contributed by atoms with Crippen molar-refractivity contribution in [3.63, 3.8) is 0 Å². The van der Waals surface area contributed by atoms with Crippen LogP contribution in [0.25, 0.3) is 0 Å². The van der Waals surface area contributed by atoms with E-state index in [4.69, 9.17) is 0 Å². The minimum absolute atomic E-state index is 0.0274. The average molecular weight is 311 g/mol. The molecule has 23 heavy (non-hydrogen) atoms. The molecule has 1 amide bonds. The smallest absolute Gasteiger partial charge is 0.221 e. The van der Waals surface area contributed by atoms with Gasteiger partial charge in [-0.3, -0.25) is 4.79 Å². The van der Waals surface area contributed by atoms with Crippen molar-refractivity contribution < 1.29 is 4.79 Å². The third kappa shape index (κ3) is 3.63. The summed E-state index contributed by atoms with van der Waals surface area (Å²) in [5.74, 6) is 1.54. The van der Waals surface area contributed by atoms with E-state index in [-0.39, 0.29) is 11.8 Å². The van der Waals surface area contributed by atoms with Gasteiger partial charge < -0.3 is 10.3 Å². The van der Waals surface area contributed by atoms with E-state index >= 15 is 0 Å². The fraction of sp³-hybridized carbons (Fsp3) is 0.474. The molecule has 4 nitrogen and oxygen atoms in total. The van der Waals surface area contributed by atoms with E-state index < -0.39 is 0 Å². The summed E-state index contributed by atoms with van der Waals surface area (Å²) in [5, 5.41) is 3.15. The third-order valence-corrected chi connectivity index (χ3v) is 5.20. The van der Waals surface area contributed by atoms with Gasteiger partial charge in [-0.15, -0.1) is 0 Å². The number of imidazole rings is 1. The molecular formula is C19H25N3O. The first-order valence-electron chi connectivity index (χ1n) is 8.42. The van der Waals surface area contributed by atoms with Gasteiger partial charge in [-0.25, -0.2) is 4.98 Å². The number of carbonyl (C=O) groups excluding carboxylic acids is 1. The lowest BCUT2D eigenvalue weighted by Crippen LogP contribution is -2.33. The summed E-state index contributed by atoms with van der Waals surface area (Å²) in [4.78, 5) is 20.0. The Bertz CT molecular complexity index is 630. The lowest BCUT2D eigenvalue weighted by molar-refractivity contribution is -0.121. The van der Waals surface area contributed by atoms with Gasteiger partial charge in [0.1, 0.15) is 5.82 Å². The van der Waals surface area contributed by atoms with Crippen LogP contribution < -0.4 is 5.32 Å². The Hall–Kier alpha value is -2.10. The highest BCUT2D eigenvalue weighted by molar-refractivity contribution is 5.77. The van der Waals surface area contributed by atoms with Crippen LogP contribution in [0.4, 0.5) is 0 Å². The molecule has 1 fully saturated rings. The molecule has 1 aromatic heterocycles. The molecule has 2 aromatic rings. The molecule has 1 aliphatic carbocycles.